The van der Waals surface area contributed by atoms with Crippen molar-refractivity contribution in [2.75, 3.05) is 5.32 Å². The molecule has 0 unspecified atom stereocenters. The number of anilines is 1. The van der Waals surface area contributed by atoms with Gasteiger partial charge in [-0.25, -0.2) is 8.78 Å². The van der Waals surface area contributed by atoms with Gasteiger partial charge in [0.05, 0.1) is 5.52 Å². The molecule has 0 atom stereocenters. The highest BCUT2D eigenvalue weighted by molar-refractivity contribution is 6.07. The Kier molecular flexibility index (Phi) is 2.90. The third-order valence-corrected chi connectivity index (χ3v) is 2.86. The molecule has 0 aliphatic rings. The maximum atomic E-state index is 13.2. The van der Waals surface area contributed by atoms with Gasteiger partial charge in [-0.1, -0.05) is 0 Å². The predicted octanol–water partition coefficient (Wildman–Crippen LogP) is 3.09. The van der Waals surface area contributed by atoms with Gasteiger partial charge in [0.2, 0.25) is 0 Å². The Bertz CT molecular complexity index is 781. The minimum atomic E-state index is -0.442. The van der Waals surface area contributed by atoms with Crippen molar-refractivity contribution >= 4 is 22.6 Å². The average molecular weight is 273 g/mol. The van der Waals surface area contributed by atoms with Crippen molar-refractivity contribution in [1.82, 2.24) is 10.2 Å². The van der Waals surface area contributed by atoms with Crippen molar-refractivity contribution in [2.24, 2.45) is 0 Å². The zero-order valence-electron chi connectivity index (χ0n) is 10.2. The van der Waals surface area contributed by atoms with Gasteiger partial charge in [-0.15, -0.1) is 0 Å². The van der Waals surface area contributed by atoms with Crippen LogP contribution >= 0.6 is 0 Å². The number of carbonyl (C=O) groups excluding carboxylic acids is 1. The SMILES string of the molecule is O=C(Nc1n[nH]c2ccc(F)cc12)c1ccc(F)cc1. The molecule has 0 saturated heterocycles. The van der Waals surface area contributed by atoms with E-state index in [1.54, 1.807) is 0 Å². The first-order chi connectivity index (χ1) is 9.63. The van der Waals surface area contributed by atoms with Crippen LogP contribution in [0.5, 0.6) is 0 Å². The molecule has 0 bridgehead atoms. The molecule has 2 aromatic carbocycles. The smallest absolute Gasteiger partial charge is 0.256 e. The number of benzene rings is 2. The summed E-state index contributed by atoms with van der Waals surface area (Å²) < 4.78 is 26.0. The number of aromatic amines is 1. The van der Waals surface area contributed by atoms with Crippen LogP contribution in [0, 0.1) is 11.6 Å². The number of aromatic nitrogens is 2. The first-order valence-electron chi connectivity index (χ1n) is 5.84. The second kappa shape index (κ2) is 4.73. The average Bonchev–Trinajstić information content (AvgIpc) is 2.82. The summed E-state index contributed by atoms with van der Waals surface area (Å²) in [6.45, 7) is 0. The fourth-order valence-corrected chi connectivity index (χ4v) is 1.86. The van der Waals surface area contributed by atoms with E-state index < -0.39 is 17.5 Å². The summed E-state index contributed by atoms with van der Waals surface area (Å²) in [5, 5.41) is 9.64. The molecule has 2 N–H and O–H groups in total. The Balaban J connectivity index is 1.91. The summed E-state index contributed by atoms with van der Waals surface area (Å²) in [4.78, 5) is 12.0. The Hall–Kier alpha value is -2.76. The van der Waals surface area contributed by atoms with Gasteiger partial charge in [0.1, 0.15) is 11.6 Å². The predicted molar refractivity (Wildman–Crippen MR) is 70.4 cm³/mol. The summed E-state index contributed by atoms with van der Waals surface area (Å²) in [7, 11) is 0. The normalized spacial score (nSPS) is 10.7. The van der Waals surface area contributed by atoms with Gasteiger partial charge in [0.25, 0.3) is 5.91 Å². The standard InChI is InChI=1S/C14H9F2N3O/c15-9-3-1-8(2-4-9)14(20)17-13-11-7-10(16)5-6-12(11)18-19-13/h1-7H,(H2,17,18,19,20). The summed E-state index contributed by atoms with van der Waals surface area (Å²) in [6.07, 6.45) is 0. The summed E-state index contributed by atoms with van der Waals surface area (Å²) in [6, 6.07) is 9.21. The summed E-state index contributed by atoms with van der Waals surface area (Å²) in [5.41, 5.74) is 0.903. The van der Waals surface area contributed by atoms with Gasteiger partial charge in [-0.05, 0) is 42.5 Å². The minimum Gasteiger partial charge on any atom is -0.305 e. The van der Waals surface area contributed by atoms with Crippen LogP contribution in [0.25, 0.3) is 10.9 Å². The lowest BCUT2D eigenvalue weighted by molar-refractivity contribution is 0.102. The molecule has 0 aliphatic carbocycles. The van der Waals surface area contributed by atoms with E-state index in [1.807, 2.05) is 0 Å². The molecule has 100 valence electrons. The first kappa shape index (κ1) is 12.3. The molecule has 4 nitrogen and oxygen atoms in total. The molecular weight excluding hydrogens is 264 g/mol. The van der Waals surface area contributed by atoms with E-state index >= 15 is 0 Å². The largest absolute Gasteiger partial charge is 0.305 e. The molecule has 0 radical (unpaired) electrons. The molecule has 0 fully saturated rings. The minimum absolute atomic E-state index is 0.230. The molecular formula is C14H9F2N3O. The van der Waals surface area contributed by atoms with E-state index in [0.717, 1.165) is 0 Å². The van der Waals surface area contributed by atoms with Crippen LogP contribution in [0.4, 0.5) is 14.6 Å². The van der Waals surface area contributed by atoms with Crippen LogP contribution in [-0.2, 0) is 0 Å². The Labute approximate surface area is 112 Å². The molecule has 3 rings (SSSR count). The van der Waals surface area contributed by atoms with Crippen molar-refractivity contribution in [2.45, 2.75) is 0 Å². The molecule has 1 heterocycles. The second-order valence-electron chi connectivity index (χ2n) is 4.22. The number of hydrogen-bond acceptors (Lipinski definition) is 2. The van der Waals surface area contributed by atoms with Gasteiger partial charge in [-0.3, -0.25) is 9.89 Å². The van der Waals surface area contributed by atoms with Crippen LogP contribution in [-0.4, -0.2) is 16.1 Å². The van der Waals surface area contributed by atoms with E-state index in [9.17, 15) is 13.6 Å². The number of nitrogens with one attached hydrogen (secondary N) is 2. The van der Waals surface area contributed by atoms with Crippen LogP contribution in [0.2, 0.25) is 0 Å². The number of hydrogen-bond donors (Lipinski definition) is 2. The maximum Gasteiger partial charge on any atom is 0.256 e. The molecule has 3 aromatic rings. The fraction of sp³-hybridized carbons (Fsp3) is 0. The number of fused-ring (bicyclic) bond motifs is 1. The second-order valence-corrected chi connectivity index (χ2v) is 4.22. The molecule has 1 aromatic heterocycles. The third kappa shape index (κ3) is 2.23. The molecule has 20 heavy (non-hydrogen) atoms. The van der Waals surface area contributed by atoms with E-state index in [0.29, 0.717) is 16.5 Å². The number of halogens is 2. The van der Waals surface area contributed by atoms with Crippen molar-refractivity contribution in [3.63, 3.8) is 0 Å². The first-order valence-corrected chi connectivity index (χ1v) is 5.84. The topological polar surface area (TPSA) is 57.8 Å². The van der Waals surface area contributed by atoms with Crippen LogP contribution < -0.4 is 5.32 Å². The number of H-pyrrole nitrogens is 1. The van der Waals surface area contributed by atoms with Gasteiger partial charge in [0.15, 0.2) is 5.82 Å². The highest BCUT2D eigenvalue weighted by atomic mass is 19.1. The molecule has 0 spiro atoms. The maximum absolute atomic E-state index is 13.2. The monoisotopic (exact) mass is 273 g/mol. The highest BCUT2D eigenvalue weighted by Crippen LogP contribution is 2.21. The molecule has 0 aliphatic heterocycles. The quantitative estimate of drug-likeness (QED) is 0.753. The van der Waals surface area contributed by atoms with Crippen molar-refractivity contribution in [1.29, 1.82) is 0 Å². The number of nitrogens with zero attached hydrogens (tertiary/aromatic N) is 1. The number of rotatable bonds is 2. The van der Waals surface area contributed by atoms with Crippen LogP contribution in [0.1, 0.15) is 10.4 Å². The van der Waals surface area contributed by atoms with E-state index in [-0.39, 0.29) is 5.82 Å². The fourth-order valence-electron chi connectivity index (χ4n) is 1.86. The van der Waals surface area contributed by atoms with Gasteiger partial charge >= 0.3 is 0 Å². The summed E-state index contributed by atoms with van der Waals surface area (Å²) >= 11 is 0. The lowest BCUT2D eigenvalue weighted by atomic mass is 10.2. The number of carbonyl (C=O) groups is 1. The van der Waals surface area contributed by atoms with E-state index in [1.165, 1.54) is 42.5 Å². The Morgan fingerprint density at radius 3 is 2.50 bits per heavy atom. The molecule has 0 saturated carbocycles. The zero-order valence-corrected chi connectivity index (χ0v) is 10.2. The third-order valence-electron chi connectivity index (χ3n) is 2.86. The van der Waals surface area contributed by atoms with E-state index in [2.05, 4.69) is 15.5 Å². The van der Waals surface area contributed by atoms with Gasteiger partial charge < -0.3 is 5.32 Å². The highest BCUT2D eigenvalue weighted by Gasteiger charge is 2.11. The van der Waals surface area contributed by atoms with E-state index in [4.69, 9.17) is 0 Å². The van der Waals surface area contributed by atoms with Crippen molar-refractivity contribution < 1.29 is 13.6 Å². The Morgan fingerprint density at radius 1 is 1.05 bits per heavy atom. The van der Waals surface area contributed by atoms with Gasteiger partial charge in [-0.2, -0.15) is 5.10 Å². The Morgan fingerprint density at radius 2 is 1.75 bits per heavy atom. The summed E-state index contributed by atoms with van der Waals surface area (Å²) in [5.74, 6) is -1.05. The zero-order chi connectivity index (χ0) is 14.1. The van der Waals surface area contributed by atoms with Crippen molar-refractivity contribution in [3.8, 4) is 0 Å². The molecule has 6 heteroatoms. The van der Waals surface area contributed by atoms with Crippen LogP contribution in [0.15, 0.2) is 42.5 Å². The lowest BCUT2D eigenvalue weighted by Gasteiger charge is -2.02. The van der Waals surface area contributed by atoms with Crippen molar-refractivity contribution in [3.05, 3.63) is 59.7 Å². The van der Waals surface area contributed by atoms with Gasteiger partial charge in [0, 0.05) is 10.9 Å². The number of amides is 1. The van der Waals surface area contributed by atoms with Crippen LogP contribution in [0.3, 0.4) is 0 Å². The molecule has 1 amide bonds. The lowest BCUT2D eigenvalue weighted by Crippen LogP contribution is -2.12.